The van der Waals surface area contributed by atoms with E-state index in [0.29, 0.717) is 0 Å². The van der Waals surface area contributed by atoms with Gasteiger partial charge in [-0.3, -0.25) is 4.98 Å². The van der Waals surface area contributed by atoms with Crippen LogP contribution in [0, 0.1) is 0 Å². The minimum atomic E-state index is 0. The van der Waals surface area contributed by atoms with Gasteiger partial charge in [0.05, 0.1) is 11.7 Å². The second-order valence-corrected chi connectivity index (χ2v) is 1.96. The highest BCUT2D eigenvalue weighted by molar-refractivity contribution is 5.85. The van der Waals surface area contributed by atoms with Gasteiger partial charge in [-0.1, -0.05) is 0 Å². The summed E-state index contributed by atoms with van der Waals surface area (Å²) in [5.41, 5.74) is 0.887. The van der Waals surface area contributed by atoms with E-state index in [9.17, 15) is 0 Å². The van der Waals surface area contributed by atoms with Gasteiger partial charge in [0.1, 0.15) is 6.33 Å². The van der Waals surface area contributed by atoms with Gasteiger partial charge >= 0.3 is 0 Å². The van der Waals surface area contributed by atoms with Gasteiger partial charge < -0.3 is 0 Å². The molecule has 11 heavy (non-hydrogen) atoms. The fourth-order valence-electron chi connectivity index (χ4n) is 0.823. The molecule has 0 unspecified atom stereocenters. The van der Waals surface area contributed by atoms with E-state index < -0.39 is 0 Å². The van der Waals surface area contributed by atoms with Crippen molar-refractivity contribution in [3.05, 3.63) is 31.0 Å². The molecule has 4 heteroatoms. The Labute approximate surface area is 69.9 Å². The molecule has 0 bridgehead atoms. The smallest absolute Gasteiger partial charge is 0.116 e. The molecule has 0 saturated carbocycles. The van der Waals surface area contributed by atoms with Crippen molar-refractivity contribution in [3.8, 4) is 0 Å². The molecule has 0 spiro atoms. The molecule has 56 valence electrons. The lowest BCUT2D eigenvalue weighted by atomic mass is 10.3. The number of fused-ring (bicyclic) bond motifs is 1. The molecule has 0 saturated heterocycles. The Bertz CT molecular complexity index is 285. The SMILES string of the molecule is Cl.c1cc2cncnc2cn1. The van der Waals surface area contributed by atoms with Gasteiger partial charge in [0.25, 0.3) is 0 Å². The fourth-order valence-corrected chi connectivity index (χ4v) is 0.823. The van der Waals surface area contributed by atoms with Gasteiger partial charge in [-0.25, -0.2) is 9.97 Å². The minimum Gasteiger partial charge on any atom is -0.262 e. The first-order valence-corrected chi connectivity index (χ1v) is 2.96. The molecule has 2 aromatic heterocycles. The zero-order chi connectivity index (χ0) is 6.81. The molecular weight excluding hydrogens is 162 g/mol. The molecule has 0 aliphatic rings. The number of hydrogen-bond donors (Lipinski definition) is 0. The quantitative estimate of drug-likeness (QED) is 0.596. The second kappa shape index (κ2) is 3.25. The van der Waals surface area contributed by atoms with Crippen LogP contribution in [0.5, 0.6) is 0 Å². The molecule has 0 fully saturated rings. The molecule has 2 rings (SSSR count). The summed E-state index contributed by atoms with van der Waals surface area (Å²) in [4.78, 5) is 11.8. The number of hydrogen-bond acceptors (Lipinski definition) is 3. The summed E-state index contributed by atoms with van der Waals surface area (Å²) in [5, 5.41) is 1.03. The van der Waals surface area contributed by atoms with Crippen molar-refractivity contribution in [2.45, 2.75) is 0 Å². The third kappa shape index (κ3) is 1.43. The van der Waals surface area contributed by atoms with Crippen molar-refractivity contribution in [1.29, 1.82) is 0 Å². The summed E-state index contributed by atoms with van der Waals surface area (Å²) in [6.07, 6.45) is 6.73. The van der Waals surface area contributed by atoms with E-state index in [2.05, 4.69) is 15.0 Å². The highest BCUT2D eigenvalue weighted by atomic mass is 35.5. The van der Waals surface area contributed by atoms with Crippen molar-refractivity contribution < 1.29 is 0 Å². The Morgan fingerprint density at radius 2 is 2.00 bits per heavy atom. The van der Waals surface area contributed by atoms with Crippen LogP contribution < -0.4 is 0 Å². The monoisotopic (exact) mass is 167 g/mol. The van der Waals surface area contributed by atoms with E-state index in [0.717, 1.165) is 10.9 Å². The Kier molecular flexibility index (Phi) is 2.33. The molecule has 2 aromatic rings. The normalized spacial score (nSPS) is 9.09. The van der Waals surface area contributed by atoms with Crippen LogP contribution in [0.3, 0.4) is 0 Å². The molecular formula is C7H6ClN3. The van der Waals surface area contributed by atoms with Gasteiger partial charge in [0.2, 0.25) is 0 Å². The topological polar surface area (TPSA) is 38.7 Å². The van der Waals surface area contributed by atoms with Crippen LogP contribution >= 0.6 is 12.4 Å². The Hall–Kier alpha value is -1.22. The Morgan fingerprint density at radius 3 is 2.82 bits per heavy atom. The largest absolute Gasteiger partial charge is 0.262 e. The van der Waals surface area contributed by atoms with E-state index in [1.165, 1.54) is 6.33 Å². The van der Waals surface area contributed by atoms with Crippen molar-refractivity contribution in [2.75, 3.05) is 0 Å². The van der Waals surface area contributed by atoms with Gasteiger partial charge in [-0.05, 0) is 6.07 Å². The highest BCUT2D eigenvalue weighted by Crippen LogP contribution is 2.04. The van der Waals surface area contributed by atoms with Crippen molar-refractivity contribution in [2.24, 2.45) is 0 Å². The molecule has 0 radical (unpaired) electrons. The predicted molar refractivity (Wildman–Crippen MR) is 44.6 cm³/mol. The lowest BCUT2D eigenvalue weighted by molar-refractivity contribution is 1.20. The predicted octanol–water partition coefficient (Wildman–Crippen LogP) is 1.45. The number of halogens is 1. The summed E-state index contributed by atoms with van der Waals surface area (Å²) in [5.74, 6) is 0. The average Bonchev–Trinajstić information content (AvgIpc) is 2.05. The van der Waals surface area contributed by atoms with E-state index in [-0.39, 0.29) is 12.4 Å². The van der Waals surface area contributed by atoms with E-state index in [4.69, 9.17) is 0 Å². The summed E-state index contributed by atoms with van der Waals surface area (Å²) < 4.78 is 0. The Morgan fingerprint density at radius 1 is 1.09 bits per heavy atom. The lowest BCUT2D eigenvalue weighted by Gasteiger charge is -1.90. The molecule has 0 amide bonds. The van der Waals surface area contributed by atoms with Crippen LogP contribution in [0.15, 0.2) is 31.0 Å². The molecule has 0 aliphatic heterocycles. The first kappa shape index (κ1) is 7.88. The third-order valence-corrected chi connectivity index (χ3v) is 1.31. The number of nitrogens with zero attached hydrogens (tertiary/aromatic N) is 3. The second-order valence-electron chi connectivity index (χ2n) is 1.96. The minimum absolute atomic E-state index is 0. The number of pyridine rings is 1. The van der Waals surface area contributed by atoms with Gasteiger partial charge in [0.15, 0.2) is 0 Å². The van der Waals surface area contributed by atoms with Crippen LogP contribution in [0.1, 0.15) is 0 Å². The summed E-state index contributed by atoms with van der Waals surface area (Å²) >= 11 is 0. The molecule has 2 heterocycles. The van der Waals surface area contributed by atoms with E-state index in [1.807, 2.05) is 6.07 Å². The maximum atomic E-state index is 4.01. The Balaban J connectivity index is 0.000000605. The van der Waals surface area contributed by atoms with Crippen molar-refractivity contribution in [1.82, 2.24) is 15.0 Å². The van der Waals surface area contributed by atoms with Gasteiger partial charge in [0, 0.05) is 17.8 Å². The maximum Gasteiger partial charge on any atom is 0.116 e. The zero-order valence-corrected chi connectivity index (χ0v) is 6.45. The van der Waals surface area contributed by atoms with Crippen LogP contribution in [-0.2, 0) is 0 Å². The first-order valence-electron chi connectivity index (χ1n) is 2.96. The number of rotatable bonds is 0. The molecule has 0 aliphatic carbocycles. The molecule has 0 atom stereocenters. The van der Waals surface area contributed by atoms with Gasteiger partial charge in [-0.2, -0.15) is 0 Å². The van der Waals surface area contributed by atoms with Crippen LogP contribution in [-0.4, -0.2) is 15.0 Å². The highest BCUT2D eigenvalue weighted by Gasteiger charge is 1.88. The van der Waals surface area contributed by atoms with Crippen LogP contribution in [0.25, 0.3) is 10.9 Å². The van der Waals surface area contributed by atoms with Crippen LogP contribution in [0.4, 0.5) is 0 Å². The summed E-state index contributed by atoms with van der Waals surface area (Å²) in [6.45, 7) is 0. The standard InChI is InChI=1S/C7H5N3.ClH/c1-2-8-4-7-6(1)3-9-5-10-7;/h1-5H;1H. The molecule has 3 nitrogen and oxygen atoms in total. The molecule has 0 N–H and O–H groups in total. The van der Waals surface area contributed by atoms with Crippen molar-refractivity contribution in [3.63, 3.8) is 0 Å². The maximum absolute atomic E-state index is 4.01. The summed E-state index contributed by atoms with van der Waals surface area (Å²) in [7, 11) is 0. The third-order valence-electron chi connectivity index (χ3n) is 1.31. The zero-order valence-electron chi connectivity index (χ0n) is 5.64. The van der Waals surface area contributed by atoms with E-state index in [1.54, 1.807) is 18.6 Å². The van der Waals surface area contributed by atoms with E-state index >= 15 is 0 Å². The average molecular weight is 168 g/mol. The summed E-state index contributed by atoms with van der Waals surface area (Å²) in [6, 6.07) is 1.88. The molecule has 0 aromatic carbocycles. The van der Waals surface area contributed by atoms with Crippen molar-refractivity contribution >= 4 is 23.3 Å². The van der Waals surface area contributed by atoms with Gasteiger partial charge in [-0.15, -0.1) is 12.4 Å². The van der Waals surface area contributed by atoms with Crippen LogP contribution in [0.2, 0.25) is 0 Å². The fraction of sp³-hybridized carbons (Fsp3) is 0. The first-order chi connectivity index (χ1) is 4.97. The number of aromatic nitrogens is 3. The lowest BCUT2D eigenvalue weighted by Crippen LogP contribution is -1.80.